The molecule has 0 aromatic heterocycles. The van der Waals surface area contributed by atoms with Crippen LogP contribution in [0.5, 0.6) is 5.75 Å². The molecule has 2 aliphatic carbocycles. The van der Waals surface area contributed by atoms with E-state index in [4.69, 9.17) is 0 Å². The lowest BCUT2D eigenvalue weighted by atomic mass is 9.67. The van der Waals surface area contributed by atoms with Gasteiger partial charge in [0.1, 0.15) is 5.75 Å². The van der Waals surface area contributed by atoms with Crippen LogP contribution in [0.4, 0.5) is 17.1 Å². The Morgan fingerprint density at radius 3 is 1.55 bits per heavy atom. The summed E-state index contributed by atoms with van der Waals surface area (Å²) in [7, 11) is 0. The van der Waals surface area contributed by atoms with Crippen LogP contribution < -0.4 is 4.90 Å². The van der Waals surface area contributed by atoms with E-state index >= 15 is 0 Å². The molecule has 2 aliphatic rings. The Labute approximate surface area is 330 Å². The van der Waals surface area contributed by atoms with Crippen molar-refractivity contribution in [3.05, 3.63) is 226 Å². The number of benzene rings is 8. The van der Waals surface area contributed by atoms with Gasteiger partial charge < -0.3 is 10.0 Å². The van der Waals surface area contributed by atoms with Gasteiger partial charge in [0.05, 0.1) is 5.41 Å². The van der Waals surface area contributed by atoms with E-state index in [1.54, 1.807) is 0 Å². The van der Waals surface area contributed by atoms with Crippen molar-refractivity contribution in [1.82, 2.24) is 0 Å². The van der Waals surface area contributed by atoms with Crippen LogP contribution in [0.25, 0.3) is 33.4 Å². The Hall–Kier alpha value is -6.64. The minimum absolute atomic E-state index is 0.137. The summed E-state index contributed by atoms with van der Waals surface area (Å²) in [6.45, 7) is 9.08. The minimum Gasteiger partial charge on any atom is -0.508 e. The third-order valence-electron chi connectivity index (χ3n) is 12.3. The lowest BCUT2D eigenvalue weighted by molar-refractivity contribution is 0.475. The third kappa shape index (κ3) is 5.09. The molecule has 0 bridgehead atoms. The molecule has 0 aliphatic heterocycles. The molecule has 0 saturated heterocycles. The van der Waals surface area contributed by atoms with Gasteiger partial charge >= 0.3 is 0 Å². The van der Waals surface area contributed by atoms with Gasteiger partial charge in [-0.15, -0.1) is 0 Å². The fraction of sp³-hybridized carbons (Fsp3) is 0.111. The Kier molecular flexibility index (Phi) is 7.70. The largest absolute Gasteiger partial charge is 0.508 e. The van der Waals surface area contributed by atoms with Gasteiger partial charge in [0.2, 0.25) is 0 Å². The van der Waals surface area contributed by atoms with Gasteiger partial charge in [-0.05, 0) is 129 Å². The predicted octanol–water partition coefficient (Wildman–Crippen LogP) is 13.8. The number of hydrogen-bond donors (Lipinski definition) is 1. The van der Waals surface area contributed by atoms with E-state index in [0.717, 1.165) is 22.6 Å². The number of hydrogen-bond acceptors (Lipinski definition) is 2. The maximum Gasteiger partial charge on any atom is 0.115 e. The van der Waals surface area contributed by atoms with Crippen molar-refractivity contribution in [3.8, 4) is 39.1 Å². The van der Waals surface area contributed by atoms with E-state index in [9.17, 15) is 5.11 Å². The fourth-order valence-electron chi connectivity index (χ4n) is 9.81. The molecule has 0 spiro atoms. The maximum atomic E-state index is 10.5. The average molecular weight is 722 g/mol. The molecule has 0 fully saturated rings. The molecule has 0 amide bonds. The summed E-state index contributed by atoms with van der Waals surface area (Å²) in [6, 6.07) is 66.2. The Bertz CT molecular complexity index is 2780. The van der Waals surface area contributed by atoms with Gasteiger partial charge in [0.15, 0.2) is 0 Å². The lowest BCUT2D eigenvalue weighted by Crippen LogP contribution is -2.29. The van der Waals surface area contributed by atoms with Crippen LogP contribution in [0, 0.1) is 13.8 Å². The summed E-state index contributed by atoms with van der Waals surface area (Å²) in [5, 5.41) is 10.5. The molecule has 0 saturated carbocycles. The molecule has 8 aromatic rings. The number of aryl methyl sites for hydroxylation is 2. The summed E-state index contributed by atoms with van der Waals surface area (Å²) >= 11 is 0. The third-order valence-corrected chi connectivity index (χ3v) is 12.3. The molecule has 1 atom stereocenters. The SMILES string of the molecule is Cc1cc(C)cc(C2(c3ccc(O)cc3)c3ccccc3-c3ccc(N(c4ccc(-c5ccccc5)cc4)c4ccc5c(c4)C(C)(C)c4ccccc4-5)cc32)c1. The summed E-state index contributed by atoms with van der Waals surface area (Å²) in [4.78, 5) is 2.43. The second kappa shape index (κ2) is 12.7. The first-order chi connectivity index (χ1) is 27.2. The predicted molar refractivity (Wildman–Crippen MR) is 233 cm³/mol. The number of anilines is 3. The molecule has 0 heterocycles. The number of nitrogens with zero attached hydrogens (tertiary/aromatic N) is 1. The van der Waals surface area contributed by atoms with E-state index in [0.29, 0.717) is 0 Å². The highest BCUT2D eigenvalue weighted by molar-refractivity contribution is 5.91. The lowest BCUT2D eigenvalue weighted by Gasteiger charge is -2.35. The van der Waals surface area contributed by atoms with Gasteiger partial charge in [0.25, 0.3) is 0 Å². The summed E-state index contributed by atoms with van der Waals surface area (Å²) in [5.74, 6) is 0.261. The molecule has 0 radical (unpaired) electrons. The number of phenolic OH excluding ortho intramolecular Hbond substituents is 1. The van der Waals surface area contributed by atoms with E-state index in [1.165, 1.54) is 72.3 Å². The Morgan fingerprint density at radius 2 is 0.893 bits per heavy atom. The smallest absolute Gasteiger partial charge is 0.115 e. The van der Waals surface area contributed by atoms with Gasteiger partial charge in [-0.1, -0.05) is 158 Å². The minimum atomic E-state index is -0.614. The van der Waals surface area contributed by atoms with E-state index < -0.39 is 5.41 Å². The van der Waals surface area contributed by atoms with Crippen molar-refractivity contribution in [1.29, 1.82) is 0 Å². The average Bonchev–Trinajstić information content (AvgIpc) is 3.64. The van der Waals surface area contributed by atoms with Crippen LogP contribution in [-0.2, 0) is 10.8 Å². The number of aromatic hydroxyl groups is 1. The van der Waals surface area contributed by atoms with Crippen LogP contribution in [0.15, 0.2) is 182 Å². The highest BCUT2D eigenvalue weighted by Crippen LogP contribution is 2.58. The van der Waals surface area contributed by atoms with Crippen LogP contribution in [0.1, 0.15) is 58.4 Å². The van der Waals surface area contributed by atoms with Crippen molar-refractivity contribution in [2.75, 3.05) is 4.90 Å². The van der Waals surface area contributed by atoms with E-state index in [2.05, 4.69) is 202 Å². The molecule has 56 heavy (non-hydrogen) atoms. The first-order valence-electron chi connectivity index (χ1n) is 19.6. The number of rotatable bonds is 6. The Morgan fingerprint density at radius 1 is 0.393 bits per heavy atom. The van der Waals surface area contributed by atoms with Gasteiger partial charge in [-0.2, -0.15) is 0 Å². The van der Waals surface area contributed by atoms with Crippen molar-refractivity contribution in [2.45, 2.75) is 38.5 Å². The Balaban J connectivity index is 1.23. The van der Waals surface area contributed by atoms with Gasteiger partial charge in [-0.3, -0.25) is 0 Å². The van der Waals surface area contributed by atoms with Gasteiger partial charge in [0, 0.05) is 22.5 Å². The molecule has 8 aromatic carbocycles. The molecule has 1 unspecified atom stereocenters. The standard InChI is InChI=1S/C54H43NO/c1-35-30-36(2)32-40(31-35)54(39-20-26-44(56)27-21-39)50-17-11-9-15-46(50)48-29-25-43(34-52(48)54)55(41-22-18-38(19-23-41)37-12-6-5-7-13-37)42-24-28-47-45-14-8-10-16-49(45)53(3,4)51(47)33-42/h5-34,56H,1-4H3. The summed E-state index contributed by atoms with van der Waals surface area (Å²) in [6.07, 6.45) is 0. The zero-order chi connectivity index (χ0) is 38.2. The quantitative estimate of drug-likeness (QED) is 0.185. The normalized spacial score (nSPS) is 15.8. The second-order valence-electron chi connectivity index (χ2n) is 16.1. The van der Waals surface area contributed by atoms with Crippen molar-refractivity contribution >= 4 is 17.1 Å². The van der Waals surface area contributed by atoms with Gasteiger partial charge in [-0.25, -0.2) is 0 Å². The first-order valence-corrected chi connectivity index (χ1v) is 19.6. The fourth-order valence-corrected chi connectivity index (χ4v) is 9.81. The van der Waals surface area contributed by atoms with Crippen molar-refractivity contribution in [2.24, 2.45) is 0 Å². The molecular weight excluding hydrogens is 679 g/mol. The zero-order valence-electron chi connectivity index (χ0n) is 32.2. The monoisotopic (exact) mass is 721 g/mol. The molecular formula is C54H43NO. The number of phenols is 1. The van der Waals surface area contributed by atoms with E-state index in [1.807, 2.05) is 12.1 Å². The topological polar surface area (TPSA) is 23.5 Å². The molecule has 1 N–H and O–H groups in total. The van der Waals surface area contributed by atoms with Crippen molar-refractivity contribution in [3.63, 3.8) is 0 Å². The van der Waals surface area contributed by atoms with Crippen LogP contribution >= 0.6 is 0 Å². The first kappa shape index (κ1) is 33.9. The molecule has 2 nitrogen and oxygen atoms in total. The molecule has 10 rings (SSSR count). The zero-order valence-corrected chi connectivity index (χ0v) is 32.2. The van der Waals surface area contributed by atoms with Crippen LogP contribution in [-0.4, -0.2) is 5.11 Å². The molecule has 2 heteroatoms. The highest BCUT2D eigenvalue weighted by atomic mass is 16.3. The number of fused-ring (bicyclic) bond motifs is 6. The van der Waals surface area contributed by atoms with E-state index in [-0.39, 0.29) is 11.2 Å². The highest BCUT2D eigenvalue weighted by Gasteiger charge is 2.46. The maximum absolute atomic E-state index is 10.5. The molecule has 270 valence electrons. The van der Waals surface area contributed by atoms with Crippen LogP contribution in [0.2, 0.25) is 0 Å². The summed E-state index contributed by atoms with van der Waals surface area (Å²) < 4.78 is 0. The summed E-state index contributed by atoms with van der Waals surface area (Å²) in [5.41, 5.74) is 20.0. The second-order valence-corrected chi connectivity index (χ2v) is 16.1. The van der Waals surface area contributed by atoms with Crippen molar-refractivity contribution < 1.29 is 5.11 Å². The van der Waals surface area contributed by atoms with Crippen LogP contribution in [0.3, 0.4) is 0 Å².